The minimum atomic E-state index is -0.294. The predicted molar refractivity (Wildman–Crippen MR) is 98.3 cm³/mol. The third-order valence-electron chi connectivity index (χ3n) is 4.36. The molecular formula is C19H24N4O3. The third-order valence-corrected chi connectivity index (χ3v) is 4.36. The Balaban J connectivity index is 1.46. The predicted octanol–water partition coefficient (Wildman–Crippen LogP) is 2.18. The van der Waals surface area contributed by atoms with Crippen molar-refractivity contribution in [3.63, 3.8) is 0 Å². The van der Waals surface area contributed by atoms with Gasteiger partial charge in [0.05, 0.1) is 6.26 Å². The van der Waals surface area contributed by atoms with Gasteiger partial charge in [0.25, 0.3) is 5.91 Å². The van der Waals surface area contributed by atoms with Crippen molar-refractivity contribution in [1.82, 2.24) is 16.2 Å². The Kier molecular flexibility index (Phi) is 6.04. The number of hydrazine groups is 1. The summed E-state index contributed by atoms with van der Waals surface area (Å²) < 4.78 is 5.06. The van der Waals surface area contributed by atoms with Crippen LogP contribution in [-0.4, -0.2) is 23.9 Å². The Morgan fingerprint density at radius 3 is 2.69 bits per heavy atom. The number of rotatable bonds is 7. The summed E-state index contributed by atoms with van der Waals surface area (Å²) in [6.45, 7) is 2.58. The summed E-state index contributed by atoms with van der Waals surface area (Å²) in [4.78, 5) is 24.2. The van der Waals surface area contributed by atoms with E-state index in [9.17, 15) is 9.59 Å². The van der Waals surface area contributed by atoms with Gasteiger partial charge in [-0.05, 0) is 42.7 Å². The van der Waals surface area contributed by atoms with E-state index in [-0.39, 0.29) is 23.6 Å². The highest BCUT2D eigenvalue weighted by atomic mass is 16.3. The second kappa shape index (κ2) is 8.64. The van der Waals surface area contributed by atoms with Gasteiger partial charge in [-0.1, -0.05) is 25.5 Å². The average molecular weight is 356 g/mol. The fourth-order valence-corrected chi connectivity index (χ4v) is 2.95. The molecule has 1 aromatic heterocycles. The first-order valence-electron chi connectivity index (χ1n) is 8.88. The first-order chi connectivity index (χ1) is 12.7. The minimum Gasteiger partial charge on any atom is -0.459 e. The molecule has 7 heteroatoms. The van der Waals surface area contributed by atoms with Crippen molar-refractivity contribution in [2.75, 3.05) is 5.32 Å². The maximum atomic E-state index is 12.2. The fourth-order valence-electron chi connectivity index (χ4n) is 2.95. The number of nitrogens with one attached hydrogen (secondary N) is 4. The second-order valence-corrected chi connectivity index (χ2v) is 6.41. The molecule has 2 unspecified atom stereocenters. The summed E-state index contributed by atoms with van der Waals surface area (Å²) in [6.07, 6.45) is 4.41. The molecule has 0 spiro atoms. The number of anilines is 1. The Labute approximate surface area is 152 Å². The van der Waals surface area contributed by atoms with Gasteiger partial charge in [0.2, 0.25) is 5.91 Å². The number of amides is 2. The van der Waals surface area contributed by atoms with Crippen LogP contribution < -0.4 is 21.5 Å². The van der Waals surface area contributed by atoms with Crippen LogP contribution in [0.3, 0.4) is 0 Å². The summed E-state index contributed by atoms with van der Waals surface area (Å²) in [6, 6.07) is 10.8. The van der Waals surface area contributed by atoms with Gasteiger partial charge in [-0.25, -0.2) is 5.43 Å². The second-order valence-electron chi connectivity index (χ2n) is 6.41. The largest absolute Gasteiger partial charge is 0.459 e. The highest BCUT2D eigenvalue weighted by molar-refractivity contribution is 6.02. The molecule has 1 fully saturated rings. The van der Waals surface area contributed by atoms with E-state index >= 15 is 0 Å². The molecule has 138 valence electrons. The van der Waals surface area contributed by atoms with Crippen molar-refractivity contribution in [3.8, 4) is 0 Å². The zero-order chi connectivity index (χ0) is 18.4. The lowest BCUT2D eigenvalue weighted by Crippen LogP contribution is -2.43. The Morgan fingerprint density at radius 1 is 1.19 bits per heavy atom. The van der Waals surface area contributed by atoms with E-state index in [1.807, 2.05) is 12.1 Å². The first-order valence-corrected chi connectivity index (χ1v) is 8.88. The van der Waals surface area contributed by atoms with E-state index in [2.05, 4.69) is 28.4 Å². The molecule has 2 aromatic rings. The molecule has 0 radical (unpaired) electrons. The highest BCUT2D eigenvalue weighted by Gasteiger charge is 2.28. The highest BCUT2D eigenvalue weighted by Crippen LogP contribution is 2.13. The van der Waals surface area contributed by atoms with Crippen molar-refractivity contribution >= 4 is 17.5 Å². The van der Waals surface area contributed by atoms with Crippen molar-refractivity contribution in [2.24, 2.45) is 0 Å². The van der Waals surface area contributed by atoms with Crippen LogP contribution in [0.5, 0.6) is 0 Å². The molecule has 1 aliphatic rings. The van der Waals surface area contributed by atoms with E-state index < -0.39 is 0 Å². The van der Waals surface area contributed by atoms with Gasteiger partial charge in [-0.15, -0.1) is 0 Å². The van der Waals surface area contributed by atoms with E-state index in [1.165, 1.54) is 6.26 Å². The molecule has 1 aromatic carbocycles. The lowest BCUT2D eigenvalue weighted by molar-refractivity contribution is -0.123. The smallest absolute Gasteiger partial charge is 0.291 e. The molecule has 0 saturated carbocycles. The standard InChI is InChI=1S/C19H24N4O3/c1-2-4-15-11-16(23-22-15)18(24)20-12-13-6-8-14(9-7-13)21-19(25)17-5-3-10-26-17/h3,5-10,15-16,22-23H,2,4,11-12H2,1H3,(H,20,24)(H,21,25). The van der Waals surface area contributed by atoms with E-state index in [0.29, 0.717) is 18.3 Å². The minimum absolute atomic E-state index is 0.00805. The van der Waals surface area contributed by atoms with Crippen molar-refractivity contribution in [3.05, 3.63) is 54.0 Å². The molecule has 0 bridgehead atoms. The zero-order valence-electron chi connectivity index (χ0n) is 14.7. The van der Waals surface area contributed by atoms with Crippen molar-refractivity contribution < 1.29 is 14.0 Å². The number of carbonyl (C=O) groups excluding carboxylic acids is 2. The Morgan fingerprint density at radius 2 is 2.00 bits per heavy atom. The maximum absolute atomic E-state index is 12.2. The lowest BCUT2D eigenvalue weighted by atomic mass is 10.1. The summed E-state index contributed by atoms with van der Waals surface area (Å²) in [5.74, 6) is -0.0378. The summed E-state index contributed by atoms with van der Waals surface area (Å²) in [5, 5.41) is 5.70. The third kappa shape index (κ3) is 4.71. The van der Waals surface area contributed by atoms with Crippen molar-refractivity contribution in [2.45, 2.75) is 44.8 Å². The molecule has 3 rings (SSSR count). The first kappa shape index (κ1) is 18.2. The number of hydrogen-bond donors (Lipinski definition) is 4. The van der Waals surface area contributed by atoms with Crippen LogP contribution in [0.15, 0.2) is 47.1 Å². The SMILES string of the molecule is CCCC1CC(C(=O)NCc2ccc(NC(=O)c3ccco3)cc2)NN1. The van der Waals surface area contributed by atoms with Crippen LogP contribution in [0.2, 0.25) is 0 Å². The molecule has 1 aliphatic heterocycles. The molecule has 2 atom stereocenters. The van der Waals surface area contributed by atoms with Crippen LogP contribution in [0, 0.1) is 0 Å². The van der Waals surface area contributed by atoms with Gasteiger partial charge in [0, 0.05) is 18.3 Å². The molecule has 26 heavy (non-hydrogen) atoms. The summed E-state index contributed by atoms with van der Waals surface area (Å²) >= 11 is 0. The summed E-state index contributed by atoms with van der Waals surface area (Å²) in [5.41, 5.74) is 7.85. The normalized spacial score (nSPS) is 19.3. The van der Waals surface area contributed by atoms with Gasteiger partial charge >= 0.3 is 0 Å². The maximum Gasteiger partial charge on any atom is 0.291 e. The molecule has 1 saturated heterocycles. The topological polar surface area (TPSA) is 95.4 Å². The van der Waals surface area contributed by atoms with Crippen molar-refractivity contribution in [1.29, 1.82) is 0 Å². The molecule has 7 nitrogen and oxygen atoms in total. The van der Waals surface area contributed by atoms with E-state index in [1.54, 1.807) is 24.3 Å². The van der Waals surface area contributed by atoms with E-state index in [4.69, 9.17) is 4.42 Å². The van der Waals surface area contributed by atoms with Gasteiger partial charge in [0.15, 0.2) is 5.76 Å². The van der Waals surface area contributed by atoms with Crippen LogP contribution in [0.4, 0.5) is 5.69 Å². The molecule has 2 heterocycles. The number of hydrogen-bond acceptors (Lipinski definition) is 5. The van der Waals surface area contributed by atoms with Crippen LogP contribution >= 0.6 is 0 Å². The average Bonchev–Trinajstić information content (AvgIpc) is 3.33. The molecule has 2 amide bonds. The Bertz CT molecular complexity index is 728. The van der Waals surface area contributed by atoms with Gasteiger partial charge < -0.3 is 15.1 Å². The van der Waals surface area contributed by atoms with Crippen LogP contribution in [-0.2, 0) is 11.3 Å². The number of carbonyl (C=O) groups is 2. The van der Waals surface area contributed by atoms with Gasteiger partial charge in [0.1, 0.15) is 6.04 Å². The van der Waals surface area contributed by atoms with Crippen LogP contribution in [0.1, 0.15) is 42.3 Å². The van der Waals surface area contributed by atoms with Gasteiger partial charge in [-0.2, -0.15) is 0 Å². The quantitative estimate of drug-likeness (QED) is 0.610. The number of furan rings is 1. The van der Waals surface area contributed by atoms with Crippen LogP contribution in [0.25, 0.3) is 0 Å². The molecular weight excluding hydrogens is 332 g/mol. The fraction of sp³-hybridized carbons (Fsp3) is 0.368. The Hall–Kier alpha value is -2.64. The summed E-state index contributed by atoms with van der Waals surface area (Å²) in [7, 11) is 0. The molecule has 4 N–H and O–H groups in total. The van der Waals surface area contributed by atoms with E-state index in [0.717, 1.165) is 24.8 Å². The molecule has 0 aliphatic carbocycles. The van der Waals surface area contributed by atoms with Gasteiger partial charge in [-0.3, -0.25) is 15.0 Å². The monoisotopic (exact) mass is 356 g/mol. The lowest BCUT2D eigenvalue weighted by Gasteiger charge is -2.11. The zero-order valence-corrected chi connectivity index (χ0v) is 14.7. The number of benzene rings is 1.